The van der Waals surface area contributed by atoms with Gasteiger partial charge in [-0.05, 0) is 42.8 Å². The molecule has 0 radical (unpaired) electrons. The number of hydrogen-bond acceptors (Lipinski definition) is 5. The quantitative estimate of drug-likeness (QED) is 0.676. The molecule has 1 N–H and O–H groups in total. The summed E-state index contributed by atoms with van der Waals surface area (Å²) >= 11 is 0. The molecule has 2 aromatic rings. The van der Waals surface area contributed by atoms with E-state index in [0.29, 0.717) is 11.3 Å². The summed E-state index contributed by atoms with van der Waals surface area (Å²) < 4.78 is 10.3. The van der Waals surface area contributed by atoms with E-state index in [0.717, 1.165) is 11.3 Å². The van der Waals surface area contributed by atoms with E-state index in [4.69, 9.17) is 9.47 Å². The van der Waals surface area contributed by atoms with Crippen LogP contribution in [-0.2, 0) is 9.53 Å². The number of Topliss-reactive ketones (excluding diaryl/α,β-unsaturated/α-hetero) is 1. The molecule has 1 heterocycles. The number of para-hydroxylation sites is 1. The predicted octanol–water partition coefficient (Wildman–Crippen LogP) is 3.02. The second-order valence-electron chi connectivity index (χ2n) is 5.53. The van der Waals surface area contributed by atoms with Gasteiger partial charge in [0.05, 0.1) is 19.6 Å². The Labute approximate surface area is 140 Å². The number of fused-ring (bicyclic) bond motifs is 1. The van der Waals surface area contributed by atoms with Gasteiger partial charge in [0.25, 0.3) is 0 Å². The van der Waals surface area contributed by atoms with Gasteiger partial charge < -0.3 is 14.8 Å². The summed E-state index contributed by atoms with van der Waals surface area (Å²) in [6, 6.07) is 13.7. The fraction of sp³-hybridized carbons (Fsp3) is 0.263. The van der Waals surface area contributed by atoms with Gasteiger partial charge in [-0.25, -0.2) is 4.79 Å². The zero-order valence-electron chi connectivity index (χ0n) is 13.6. The lowest BCUT2D eigenvalue weighted by Gasteiger charge is -2.18. The summed E-state index contributed by atoms with van der Waals surface area (Å²) in [5, 5.41) is 3.12. The van der Waals surface area contributed by atoms with Crippen molar-refractivity contribution < 1.29 is 19.1 Å². The molecule has 2 unspecified atom stereocenters. The summed E-state index contributed by atoms with van der Waals surface area (Å²) in [6.07, 6.45) is 0. The number of hydrogen-bond donors (Lipinski definition) is 1. The van der Waals surface area contributed by atoms with Gasteiger partial charge in [-0.1, -0.05) is 18.2 Å². The highest BCUT2D eigenvalue weighted by molar-refractivity contribution is 6.07. The topological polar surface area (TPSA) is 64.6 Å². The van der Waals surface area contributed by atoms with Crippen LogP contribution in [0.3, 0.4) is 0 Å². The van der Waals surface area contributed by atoms with E-state index in [2.05, 4.69) is 5.32 Å². The highest BCUT2D eigenvalue weighted by Gasteiger charge is 2.42. The lowest BCUT2D eigenvalue weighted by atomic mass is 9.87. The van der Waals surface area contributed by atoms with Crippen molar-refractivity contribution >= 4 is 17.4 Å². The van der Waals surface area contributed by atoms with E-state index < -0.39 is 17.9 Å². The van der Waals surface area contributed by atoms with Crippen molar-refractivity contribution in [3.05, 3.63) is 59.7 Å². The first kappa shape index (κ1) is 16.1. The van der Waals surface area contributed by atoms with Crippen LogP contribution in [0.2, 0.25) is 0 Å². The maximum absolute atomic E-state index is 13.0. The Morgan fingerprint density at radius 3 is 2.46 bits per heavy atom. The van der Waals surface area contributed by atoms with E-state index in [-0.39, 0.29) is 12.4 Å². The molecule has 3 rings (SSSR count). The number of rotatable bonds is 5. The van der Waals surface area contributed by atoms with E-state index in [1.807, 2.05) is 24.3 Å². The standard InChI is InChI=1S/C19H19NO4/c1-3-24-19(22)17-16(14-6-4-5-7-15(14)20-17)18(21)12-8-10-13(23-2)11-9-12/h4-11,16-17,20H,3H2,1-2H3. The largest absolute Gasteiger partial charge is 0.497 e. The van der Waals surface area contributed by atoms with Crippen LogP contribution in [0, 0.1) is 0 Å². The number of carbonyl (C=O) groups excluding carboxylic acids is 2. The monoisotopic (exact) mass is 325 g/mol. The molecule has 0 fully saturated rings. The van der Waals surface area contributed by atoms with Crippen molar-refractivity contribution in [1.82, 2.24) is 0 Å². The Hall–Kier alpha value is -2.82. The van der Waals surface area contributed by atoms with Gasteiger partial charge in [-0.3, -0.25) is 4.79 Å². The molecular weight excluding hydrogens is 306 g/mol. The summed E-state index contributed by atoms with van der Waals surface area (Å²) in [7, 11) is 1.57. The third-order valence-electron chi connectivity index (χ3n) is 4.14. The molecule has 0 saturated carbocycles. The fourth-order valence-electron chi connectivity index (χ4n) is 2.98. The molecule has 0 aliphatic carbocycles. The summed E-state index contributed by atoms with van der Waals surface area (Å²) in [4.78, 5) is 25.3. The van der Waals surface area contributed by atoms with Crippen molar-refractivity contribution in [1.29, 1.82) is 0 Å². The minimum atomic E-state index is -0.711. The number of nitrogens with one attached hydrogen (secondary N) is 1. The molecule has 1 aliphatic heterocycles. The lowest BCUT2D eigenvalue weighted by Crippen LogP contribution is -2.36. The average Bonchev–Trinajstić information content (AvgIpc) is 3.01. The molecule has 0 spiro atoms. The third kappa shape index (κ3) is 2.85. The number of ketones is 1. The molecule has 2 atom stereocenters. The smallest absolute Gasteiger partial charge is 0.329 e. The summed E-state index contributed by atoms with van der Waals surface area (Å²) in [6.45, 7) is 2.02. The highest BCUT2D eigenvalue weighted by atomic mass is 16.5. The maximum Gasteiger partial charge on any atom is 0.329 e. The average molecular weight is 325 g/mol. The van der Waals surface area contributed by atoms with Crippen molar-refractivity contribution in [2.24, 2.45) is 0 Å². The van der Waals surface area contributed by atoms with Crippen LogP contribution in [0.25, 0.3) is 0 Å². The van der Waals surface area contributed by atoms with Crippen LogP contribution in [0.4, 0.5) is 5.69 Å². The van der Waals surface area contributed by atoms with E-state index >= 15 is 0 Å². The number of ether oxygens (including phenoxy) is 2. The molecule has 1 aliphatic rings. The van der Waals surface area contributed by atoms with E-state index in [1.165, 1.54) is 0 Å². The molecule has 2 aromatic carbocycles. The second kappa shape index (κ2) is 6.74. The zero-order valence-corrected chi connectivity index (χ0v) is 13.6. The van der Waals surface area contributed by atoms with Gasteiger partial charge in [-0.2, -0.15) is 0 Å². The highest BCUT2D eigenvalue weighted by Crippen LogP contribution is 2.38. The van der Waals surface area contributed by atoms with Crippen LogP contribution >= 0.6 is 0 Å². The Kier molecular flexibility index (Phi) is 4.51. The van der Waals surface area contributed by atoms with Gasteiger partial charge in [-0.15, -0.1) is 0 Å². The van der Waals surface area contributed by atoms with Gasteiger partial charge in [0.15, 0.2) is 5.78 Å². The first-order valence-electron chi connectivity index (χ1n) is 7.86. The zero-order chi connectivity index (χ0) is 17.1. The van der Waals surface area contributed by atoms with Gasteiger partial charge >= 0.3 is 5.97 Å². The SMILES string of the molecule is CCOC(=O)C1Nc2ccccc2C1C(=O)c1ccc(OC)cc1. The lowest BCUT2D eigenvalue weighted by molar-refractivity contribution is -0.144. The fourth-order valence-corrected chi connectivity index (χ4v) is 2.98. The molecule has 0 bridgehead atoms. The van der Waals surface area contributed by atoms with Crippen molar-refractivity contribution in [3.8, 4) is 5.75 Å². The molecule has 124 valence electrons. The second-order valence-corrected chi connectivity index (χ2v) is 5.53. The Bertz CT molecular complexity index is 754. The van der Waals surface area contributed by atoms with Crippen LogP contribution in [0.15, 0.2) is 48.5 Å². The normalized spacial score (nSPS) is 18.4. The molecule has 24 heavy (non-hydrogen) atoms. The van der Waals surface area contributed by atoms with Crippen molar-refractivity contribution in [2.75, 3.05) is 19.0 Å². The van der Waals surface area contributed by atoms with Gasteiger partial charge in [0.2, 0.25) is 0 Å². The molecule has 5 heteroatoms. The summed E-state index contributed by atoms with van der Waals surface area (Å²) in [5.41, 5.74) is 2.15. The maximum atomic E-state index is 13.0. The van der Waals surface area contributed by atoms with Crippen LogP contribution in [0.5, 0.6) is 5.75 Å². The number of anilines is 1. The van der Waals surface area contributed by atoms with Gasteiger partial charge in [0, 0.05) is 11.3 Å². The van der Waals surface area contributed by atoms with Crippen LogP contribution in [-0.4, -0.2) is 31.5 Å². The molecule has 0 aromatic heterocycles. The molecule has 0 amide bonds. The first-order chi connectivity index (χ1) is 11.7. The summed E-state index contributed by atoms with van der Waals surface area (Å²) in [5.74, 6) is -0.458. The third-order valence-corrected chi connectivity index (χ3v) is 4.14. The molecular formula is C19H19NO4. The predicted molar refractivity (Wildman–Crippen MR) is 90.6 cm³/mol. The number of methoxy groups -OCH3 is 1. The minimum absolute atomic E-state index is 0.117. The number of benzene rings is 2. The van der Waals surface area contributed by atoms with Crippen LogP contribution < -0.4 is 10.1 Å². The Morgan fingerprint density at radius 2 is 1.79 bits per heavy atom. The number of carbonyl (C=O) groups is 2. The van der Waals surface area contributed by atoms with E-state index in [1.54, 1.807) is 38.3 Å². The first-order valence-corrected chi connectivity index (χ1v) is 7.86. The molecule has 0 saturated heterocycles. The van der Waals surface area contributed by atoms with Crippen LogP contribution in [0.1, 0.15) is 28.8 Å². The number of esters is 1. The Morgan fingerprint density at radius 1 is 1.08 bits per heavy atom. The van der Waals surface area contributed by atoms with E-state index in [9.17, 15) is 9.59 Å². The molecule has 5 nitrogen and oxygen atoms in total. The Balaban J connectivity index is 1.96. The van der Waals surface area contributed by atoms with Crippen molar-refractivity contribution in [2.45, 2.75) is 18.9 Å². The minimum Gasteiger partial charge on any atom is -0.497 e. The van der Waals surface area contributed by atoms with Crippen molar-refractivity contribution in [3.63, 3.8) is 0 Å². The van der Waals surface area contributed by atoms with Gasteiger partial charge in [0.1, 0.15) is 11.8 Å².